The molecule has 0 rings (SSSR count). The molecule has 0 bridgehead atoms. The van der Waals surface area contributed by atoms with Crippen molar-refractivity contribution in [3.63, 3.8) is 0 Å². The predicted molar refractivity (Wildman–Crippen MR) is 68.3 cm³/mol. The number of hydrogen-bond donors (Lipinski definition) is 2. The number of hydrogen-bond acceptors (Lipinski definition) is 1. The van der Waals surface area contributed by atoms with Crippen LogP contribution in [0.2, 0.25) is 0 Å². The quantitative estimate of drug-likeness (QED) is 0.525. The molecule has 15 heavy (non-hydrogen) atoms. The smallest absolute Gasteiger partial charge is 0.191 e. The van der Waals surface area contributed by atoms with Crippen molar-refractivity contribution in [3.05, 3.63) is 0 Å². The van der Waals surface area contributed by atoms with Crippen molar-refractivity contribution in [2.24, 2.45) is 10.9 Å². The van der Waals surface area contributed by atoms with Crippen LogP contribution in [0.5, 0.6) is 0 Å². The van der Waals surface area contributed by atoms with Crippen LogP contribution in [-0.2, 0) is 0 Å². The van der Waals surface area contributed by atoms with E-state index >= 15 is 0 Å². The van der Waals surface area contributed by atoms with E-state index < -0.39 is 0 Å². The largest absolute Gasteiger partial charge is 0.356 e. The van der Waals surface area contributed by atoms with Gasteiger partial charge < -0.3 is 10.6 Å². The Bertz CT molecular complexity index is 174. The summed E-state index contributed by atoms with van der Waals surface area (Å²) in [7, 11) is 1.82. The van der Waals surface area contributed by atoms with E-state index in [0.29, 0.717) is 6.04 Å². The molecule has 0 amide bonds. The Balaban J connectivity index is 3.90. The zero-order valence-corrected chi connectivity index (χ0v) is 10.9. The molecule has 2 N–H and O–H groups in total. The van der Waals surface area contributed by atoms with Gasteiger partial charge in [0.2, 0.25) is 0 Å². The van der Waals surface area contributed by atoms with Crippen molar-refractivity contribution in [2.75, 3.05) is 13.6 Å². The fourth-order valence-corrected chi connectivity index (χ4v) is 1.35. The summed E-state index contributed by atoms with van der Waals surface area (Å²) in [4.78, 5) is 4.21. The minimum absolute atomic E-state index is 0.484. The van der Waals surface area contributed by atoms with Crippen LogP contribution in [-0.4, -0.2) is 25.6 Å². The highest BCUT2D eigenvalue weighted by molar-refractivity contribution is 5.79. The normalized spacial score (nSPS) is 14.1. The van der Waals surface area contributed by atoms with Gasteiger partial charge in [-0.3, -0.25) is 4.99 Å². The van der Waals surface area contributed by atoms with Crippen LogP contribution in [0.3, 0.4) is 0 Å². The molecule has 90 valence electrons. The average Bonchev–Trinajstić information content (AvgIpc) is 2.28. The molecule has 0 aliphatic carbocycles. The molecule has 0 saturated heterocycles. The highest BCUT2D eigenvalue weighted by atomic mass is 15.2. The van der Waals surface area contributed by atoms with Crippen molar-refractivity contribution in [3.8, 4) is 0 Å². The van der Waals surface area contributed by atoms with Crippen molar-refractivity contribution in [1.82, 2.24) is 10.6 Å². The highest BCUT2D eigenvalue weighted by Gasteiger charge is 2.06. The summed E-state index contributed by atoms with van der Waals surface area (Å²) in [6.07, 6.45) is 3.57. The van der Waals surface area contributed by atoms with Crippen molar-refractivity contribution in [2.45, 2.75) is 53.0 Å². The second-order valence-electron chi connectivity index (χ2n) is 4.09. The molecule has 0 saturated carbocycles. The Hall–Kier alpha value is -0.730. The van der Waals surface area contributed by atoms with Crippen molar-refractivity contribution < 1.29 is 0 Å². The average molecular weight is 213 g/mol. The third-order valence-corrected chi connectivity index (χ3v) is 2.93. The van der Waals surface area contributed by atoms with Crippen molar-refractivity contribution >= 4 is 5.96 Å². The first-order chi connectivity index (χ1) is 7.17. The first-order valence-electron chi connectivity index (χ1n) is 6.14. The maximum absolute atomic E-state index is 4.21. The van der Waals surface area contributed by atoms with Gasteiger partial charge in [-0.05, 0) is 19.3 Å². The molecule has 3 heteroatoms. The SMILES string of the molecule is CCC(CC)CNC(=NC)NC(C)CC. The van der Waals surface area contributed by atoms with Gasteiger partial charge in [0.1, 0.15) is 0 Å². The molecular formula is C12H27N3. The van der Waals surface area contributed by atoms with Gasteiger partial charge >= 0.3 is 0 Å². The molecule has 0 heterocycles. The molecule has 1 atom stereocenters. The van der Waals surface area contributed by atoms with Gasteiger partial charge in [0, 0.05) is 19.6 Å². The summed E-state index contributed by atoms with van der Waals surface area (Å²) in [6.45, 7) is 9.83. The number of guanidine groups is 1. The van der Waals surface area contributed by atoms with Gasteiger partial charge in [-0.15, -0.1) is 0 Å². The van der Waals surface area contributed by atoms with Gasteiger partial charge in [0.25, 0.3) is 0 Å². The molecule has 3 nitrogen and oxygen atoms in total. The molecule has 0 aliphatic rings. The second-order valence-corrected chi connectivity index (χ2v) is 4.09. The summed E-state index contributed by atoms with van der Waals surface area (Å²) in [5, 5.41) is 6.73. The van der Waals surface area contributed by atoms with Crippen LogP contribution in [0.25, 0.3) is 0 Å². The lowest BCUT2D eigenvalue weighted by Gasteiger charge is -2.19. The zero-order chi connectivity index (χ0) is 11.7. The third-order valence-electron chi connectivity index (χ3n) is 2.93. The molecular weight excluding hydrogens is 186 g/mol. The fraction of sp³-hybridized carbons (Fsp3) is 0.917. The highest BCUT2D eigenvalue weighted by Crippen LogP contribution is 2.04. The first-order valence-corrected chi connectivity index (χ1v) is 6.14. The summed E-state index contributed by atoms with van der Waals surface area (Å²) < 4.78 is 0. The molecule has 0 fully saturated rings. The minimum Gasteiger partial charge on any atom is -0.356 e. The minimum atomic E-state index is 0.484. The Morgan fingerprint density at radius 3 is 2.13 bits per heavy atom. The Labute approximate surface area is 94.7 Å². The topological polar surface area (TPSA) is 36.4 Å². The van der Waals surface area contributed by atoms with Crippen LogP contribution >= 0.6 is 0 Å². The zero-order valence-electron chi connectivity index (χ0n) is 10.9. The maximum Gasteiger partial charge on any atom is 0.191 e. The monoisotopic (exact) mass is 213 g/mol. The number of nitrogens with zero attached hydrogens (tertiary/aromatic N) is 1. The Morgan fingerprint density at radius 2 is 1.73 bits per heavy atom. The lowest BCUT2D eigenvalue weighted by Crippen LogP contribution is -2.43. The second kappa shape index (κ2) is 8.57. The van der Waals surface area contributed by atoms with E-state index in [1.807, 2.05) is 7.05 Å². The van der Waals surface area contributed by atoms with E-state index in [9.17, 15) is 0 Å². The number of rotatable bonds is 6. The molecule has 0 aliphatic heterocycles. The summed E-state index contributed by atoms with van der Waals surface area (Å²) in [5.41, 5.74) is 0. The lowest BCUT2D eigenvalue weighted by atomic mass is 10.0. The van der Waals surface area contributed by atoms with E-state index in [1.54, 1.807) is 0 Å². The molecule has 0 aromatic heterocycles. The van der Waals surface area contributed by atoms with E-state index in [0.717, 1.165) is 24.8 Å². The lowest BCUT2D eigenvalue weighted by molar-refractivity contribution is 0.478. The molecule has 1 unspecified atom stereocenters. The van der Waals surface area contributed by atoms with Crippen LogP contribution in [0.1, 0.15) is 47.0 Å². The summed E-state index contributed by atoms with van der Waals surface area (Å²) in [5.74, 6) is 1.68. The molecule has 0 spiro atoms. The van der Waals surface area contributed by atoms with E-state index in [1.165, 1.54) is 12.8 Å². The third kappa shape index (κ3) is 6.37. The van der Waals surface area contributed by atoms with Crippen LogP contribution in [0.4, 0.5) is 0 Å². The van der Waals surface area contributed by atoms with Crippen molar-refractivity contribution in [1.29, 1.82) is 0 Å². The first kappa shape index (κ1) is 14.3. The van der Waals surface area contributed by atoms with Crippen LogP contribution in [0, 0.1) is 5.92 Å². The van der Waals surface area contributed by atoms with E-state index in [4.69, 9.17) is 0 Å². The fourth-order valence-electron chi connectivity index (χ4n) is 1.35. The van der Waals surface area contributed by atoms with E-state index in [2.05, 4.69) is 43.3 Å². The maximum atomic E-state index is 4.21. The Kier molecular flexibility index (Phi) is 8.15. The van der Waals surface area contributed by atoms with Gasteiger partial charge in [-0.1, -0.05) is 33.6 Å². The van der Waals surface area contributed by atoms with Gasteiger partial charge in [-0.25, -0.2) is 0 Å². The predicted octanol–water partition coefficient (Wildman–Crippen LogP) is 2.39. The summed E-state index contributed by atoms with van der Waals surface area (Å²) in [6, 6.07) is 0.484. The molecule has 0 aromatic carbocycles. The van der Waals surface area contributed by atoms with Crippen LogP contribution in [0.15, 0.2) is 4.99 Å². The van der Waals surface area contributed by atoms with Crippen LogP contribution < -0.4 is 10.6 Å². The van der Waals surface area contributed by atoms with Gasteiger partial charge in [0.15, 0.2) is 5.96 Å². The van der Waals surface area contributed by atoms with E-state index in [-0.39, 0.29) is 0 Å². The number of aliphatic imine (C=N–C) groups is 1. The number of nitrogens with one attached hydrogen (secondary N) is 2. The Morgan fingerprint density at radius 1 is 1.13 bits per heavy atom. The summed E-state index contributed by atoms with van der Waals surface area (Å²) >= 11 is 0. The standard InChI is InChI=1S/C12H27N3/c1-6-10(4)15-12(13-5)14-9-11(7-2)8-3/h10-11H,6-9H2,1-5H3,(H2,13,14,15). The molecule has 0 aromatic rings. The molecule has 0 radical (unpaired) electrons. The van der Waals surface area contributed by atoms with Gasteiger partial charge in [-0.2, -0.15) is 0 Å². The van der Waals surface area contributed by atoms with Gasteiger partial charge in [0.05, 0.1) is 0 Å².